The molecule has 5 rings (SSSR count). The minimum atomic E-state index is -1.30. The maximum atomic E-state index is 14.3. The van der Waals surface area contributed by atoms with E-state index in [1.165, 1.54) is 28.8 Å². The molecule has 2 heterocycles. The molecule has 0 unspecified atom stereocenters. The summed E-state index contributed by atoms with van der Waals surface area (Å²) in [5, 5.41) is 3.40. The van der Waals surface area contributed by atoms with Crippen LogP contribution >= 0.6 is 23.4 Å². The van der Waals surface area contributed by atoms with E-state index in [9.17, 15) is 14.0 Å². The highest BCUT2D eigenvalue weighted by molar-refractivity contribution is 8.01. The molecule has 1 atom stereocenters. The molecule has 8 heteroatoms. The summed E-state index contributed by atoms with van der Waals surface area (Å²) in [6.45, 7) is 0.707. The monoisotopic (exact) mass is 467 g/mol. The Morgan fingerprint density at radius 1 is 1.09 bits per heavy atom. The highest BCUT2D eigenvalue weighted by Crippen LogP contribution is 2.54. The Morgan fingerprint density at radius 2 is 1.84 bits per heavy atom. The van der Waals surface area contributed by atoms with Crippen molar-refractivity contribution < 1.29 is 14.0 Å². The Hall–Kier alpha value is -3.03. The van der Waals surface area contributed by atoms with Crippen molar-refractivity contribution in [1.82, 2.24) is 4.90 Å². The number of thioether (sulfide) groups is 1. The molecule has 0 aromatic heterocycles. The second-order valence-corrected chi connectivity index (χ2v) is 9.34. The summed E-state index contributed by atoms with van der Waals surface area (Å²) in [4.78, 5) is 29.0. The van der Waals surface area contributed by atoms with E-state index < -0.39 is 16.7 Å². The predicted molar refractivity (Wildman–Crippen MR) is 125 cm³/mol. The molecule has 3 aromatic carbocycles. The highest BCUT2D eigenvalue weighted by Gasteiger charge is 2.59. The standard InChI is InChI=1S/C24H19ClFN3O2S/c25-17-6-9-19(10-7-17)27-23(31)29-12-13-32-24(29)20-14-18(26)8-11-21(20)28(22(24)30)15-16-4-2-1-3-5-16/h1-11,14H,12-13,15H2,(H,27,31)/t24-/m1/s1. The summed E-state index contributed by atoms with van der Waals surface area (Å²) in [6.07, 6.45) is 0. The maximum Gasteiger partial charge on any atom is 0.323 e. The second-order valence-electron chi connectivity index (χ2n) is 7.62. The number of fused-ring (bicyclic) bond motifs is 2. The number of nitrogens with one attached hydrogen (secondary N) is 1. The van der Waals surface area contributed by atoms with Crippen molar-refractivity contribution in [3.8, 4) is 0 Å². The van der Waals surface area contributed by atoms with Crippen LogP contribution < -0.4 is 10.2 Å². The number of nitrogens with zero attached hydrogens (tertiary/aromatic N) is 2. The van der Waals surface area contributed by atoms with Gasteiger partial charge in [-0.25, -0.2) is 9.18 Å². The lowest BCUT2D eigenvalue weighted by Gasteiger charge is -2.33. The average molecular weight is 468 g/mol. The van der Waals surface area contributed by atoms with Gasteiger partial charge in [-0.1, -0.05) is 41.9 Å². The SMILES string of the molecule is O=C(Nc1ccc(Cl)cc1)N1CCS[C@]12C(=O)N(Cc1ccccc1)c1ccc(F)cc12. The van der Waals surface area contributed by atoms with Crippen LogP contribution in [0, 0.1) is 5.82 Å². The van der Waals surface area contributed by atoms with Crippen LogP contribution in [0.5, 0.6) is 0 Å². The molecule has 2 aliphatic rings. The number of benzene rings is 3. The van der Waals surface area contributed by atoms with E-state index >= 15 is 0 Å². The van der Waals surface area contributed by atoms with E-state index in [0.29, 0.717) is 40.8 Å². The van der Waals surface area contributed by atoms with E-state index in [-0.39, 0.29) is 5.91 Å². The molecule has 162 valence electrons. The Bertz CT molecular complexity index is 1190. The van der Waals surface area contributed by atoms with Gasteiger partial charge in [0.2, 0.25) is 0 Å². The molecular formula is C24H19ClFN3O2S. The fraction of sp³-hybridized carbons (Fsp3) is 0.167. The largest absolute Gasteiger partial charge is 0.323 e. The van der Waals surface area contributed by atoms with Gasteiger partial charge in [-0.15, -0.1) is 11.8 Å². The molecule has 3 amide bonds. The smallest absolute Gasteiger partial charge is 0.308 e. The third kappa shape index (κ3) is 3.42. The van der Waals surface area contributed by atoms with Crippen LogP contribution in [0.15, 0.2) is 72.8 Å². The van der Waals surface area contributed by atoms with E-state index in [0.717, 1.165) is 5.56 Å². The lowest BCUT2D eigenvalue weighted by atomic mass is 10.1. The first-order chi connectivity index (χ1) is 15.5. The topological polar surface area (TPSA) is 52.7 Å². The van der Waals surface area contributed by atoms with Gasteiger partial charge in [-0.3, -0.25) is 9.69 Å². The summed E-state index contributed by atoms with van der Waals surface area (Å²) >= 11 is 7.30. The summed E-state index contributed by atoms with van der Waals surface area (Å²) in [5.74, 6) is -0.117. The quantitative estimate of drug-likeness (QED) is 0.556. The lowest BCUT2D eigenvalue weighted by molar-refractivity contribution is -0.123. The fourth-order valence-corrected chi connectivity index (χ4v) is 5.81. The molecule has 0 radical (unpaired) electrons. The molecule has 0 aliphatic carbocycles. The van der Waals surface area contributed by atoms with Gasteiger partial charge in [0.15, 0.2) is 4.87 Å². The fourth-order valence-electron chi connectivity index (χ4n) is 4.23. The van der Waals surface area contributed by atoms with Gasteiger partial charge < -0.3 is 10.2 Å². The molecule has 1 spiro atoms. The van der Waals surface area contributed by atoms with E-state index in [4.69, 9.17) is 11.6 Å². The highest BCUT2D eigenvalue weighted by atomic mass is 35.5. The van der Waals surface area contributed by atoms with Crippen molar-refractivity contribution in [2.45, 2.75) is 11.4 Å². The van der Waals surface area contributed by atoms with Gasteiger partial charge in [-0.05, 0) is 48.0 Å². The van der Waals surface area contributed by atoms with Crippen molar-refractivity contribution in [3.63, 3.8) is 0 Å². The van der Waals surface area contributed by atoms with Crippen molar-refractivity contribution in [3.05, 3.63) is 94.8 Å². The third-order valence-corrected chi connectivity index (χ3v) is 7.35. The Balaban J connectivity index is 1.53. The first kappa shape index (κ1) is 20.8. The molecule has 3 aromatic rings. The normalized spacial score (nSPS) is 19.5. The third-order valence-electron chi connectivity index (χ3n) is 5.68. The summed E-state index contributed by atoms with van der Waals surface area (Å²) in [6, 6.07) is 20.3. The van der Waals surface area contributed by atoms with Crippen molar-refractivity contribution in [2.75, 3.05) is 22.5 Å². The van der Waals surface area contributed by atoms with Crippen LogP contribution in [0.3, 0.4) is 0 Å². The molecular weight excluding hydrogens is 449 g/mol. The van der Waals surface area contributed by atoms with Crippen LogP contribution in [0.4, 0.5) is 20.6 Å². The van der Waals surface area contributed by atoms with Crippen molar-refractivity contribution in [2.24, 2.45) is 0 Å². The number of hydrogen-bond acceptors (Lipinski definition) is 3. The van der Waals surface area contributed by atoms with Crippen LogP contribution in [0.1, 0.15) is 11.1 Å². The first-order valence-electron chi connectivity index (χ1n) is 10.1. The summed E-state index contributed by atoms with van der Waals surface area (Å²) < 4.78 is 14.3. The summed E-state index contributed by atoms with van der Waals surface area (Å²) in [7, 11) is 0. The van der Waals surface area contributed by atoms with Crippen molar-refractivity contribution >= 4 is 46.7 Å². The Morgan fingerprint density at radius 3 is 2.59 bits per heavy atom. The van der Waals surface area contributed by atoms with Gasteiger partial charge in [0.05, 0.1) is 12.2 Å². The minimum absolute atomic E-state index is 0.240. The van der Waals surface area contributed by atoms with Gasteiger partial charge >= 0.3 is 6.03 Å². The molecule has 2 aliphatic heterocycles. The summed E-state index contributed by atoms with van der Waals surface area (Å²) in [5.41, 5.74) is 2.65. The van der Waals surface area contributed by atoms with Crippen LogP contribution in [-0.4, -0.2) is 29.1 Å². The molecule has 1 fully saturated rings. The number of rotatable bonds is 3. The minimum Gasteiger partial charge on any atom is -0.308 e. The molecule has 0 saturated carbocycles. The van der Waals surface area contributed by atoms with Crippen LogP contribution in [-0.2, 0) is 16.2 Å². The lowest BCUT2D eigenvalue weighted by Crippen LogP contribution is -2.51. The Kier molecular flexibility index (Phi) is 5.31. The average Bonchev–Trinajstić information content (AvgIpc) is 3.33. The number of hydrogen-bond donors (Lipinski definition) is 1. The van der Waals surface area contributed by atoms with E-state index in [2.05, 4.69) is 5.32 Å². The zero-order chi connectivity index (χ0) is 22.3. The van der Waals surface area contributed by atoms with Gasteiger partial charge in [0, 0.05) is 28.6 Å². The number of urea groups is 1. The number of carbonyl (C=O) groups excluding carboxylic acids is 2. The molecule has 1 saturated heterocycles. The number of carbonyl (C=O) groups is 2. The number of amides is 3. The van der Waals surface area contributed by atoms with Gasteiger partial charge in [0.25, 0.3) is 5.91 Å². The predicted octanol–water partition coefficient (Wildman–Crippen LogP) is 5.46. The molecule has 32 heavy (non-hydrogen) atoms. The maximum absolute atomic E-state index is 14.3. The van der Waals surface area contributed by atoms with Gasteiger partial charge in [-0.2, -0.15) is 0 Å². The number of halogens is 2. The second kappa shape index (κ2) is 8.15. The van der Waals surface area contributed by atoms with Crippen LogP contribution in [0.25, 0.3) is 0 Å². The zero-order valence-electron chi connectivity index (χ0n) is 16.9. The van der Waals surface area contributed by atoms with Gasteiger partial charge in [0.1, 0.15) is 5.82 Å². The van der Waals surface area contributed by atoms with Crippen LogP contribution in [0.2, 0.25) is 5.02 Å². The number of anilines is 2. The van der Waals surface area contributed by atoms with E-state index in [1.54, 1.807) is 35.2 Å². The molecule has 1 N–H and O–H groups in total. The van der Waals surface area contributed by atoms with E-state index in [1.807, 2.05) is 30.3 Å². The zero-order valence-corrected chi connectivity index (χ0v) is 18.5. The Labute approximate surface area is 194 Å². The van der Waals surface area contributed by atoms with Crippen molar-refractivity contribution in [1.29, 1.82) is 0 Å². The molecule has 5 nitrogen and oxygen atoms in total. The molecule has 0 bridgehead atoms. The first-order valence-corrected chi connectivity index (χ1v) is 11.5.